The summed E-state index contributed by atoms with van der Waals surface area (Å²) in [7, 11) is 0. The minimum atomic E-state index is -1.17. The number of aliphatic carboxylic acids is 1. The van der Waals surface area contributed by atoms with Crippen molar-refractivity contribution in [1.29, 1.82) is 0 Å². The standard InChI is InChI=1S/C44H64ClNO6/c1-26(2)36-30(47)22-44(33(48)25-46-24-27-11-10-12-28(45)21-27)20-19-42(8)29(37(36)44)13-14-32-41(7)17-16-34(52-35(49)23-39(3,4)38(50)51)40(5,6)31(41)15-18-43(32,42)9/h10-12,21,26,29,31-34,46,48H,13-20,22-25H2,1-9H3,(H,50,51). The summed E-state index contributed by atoms with van der Waals surface area (Å²) in [6.45, 7) is 20.6. The topological polar surface area (TPSA) is 113 Å². The monoisotopic (exact) mass is 737 g/mol. The molecule has 0 saturated heterocycles. The summed E-state index contributed by atoms with van der Waals surface area (Å²) >= 11 is 6.24. The molecule has 4 fully saturated rings. The number of halogens is 1. The Hall–Kier alpha value is -2.22. The van der Waals surface area contributed by atoms with Crippen LogP contribution in [0.4, 0.5) is 0 Å². The maximum absolute atomic E-state index is 14.0. The first-order valence-corrected chi connectivity index (χ1v) is 20.4. The third-order valence-electron chi connectivity index (χ3n) is 16.1. The van der Waals surface area contributed by atoms with Crippen molar-refractivity contribution in [3.05, 3.63) is 46.0 Å². The van der Waals surface area contributed by atoms with Crippen LogP contribution in [0.15, 0.2) is 35.4 Å². The van der Waals surface area contributed by atoms with E-state index in [-0.39, 0.29) is 51.8 Å². The molecule has 0 aromatic heterocycles. The summed E-state index contributed by atoms with van der Waals surface area (Å²) in [5, 5.41) is 25.9. The fraction of sp³-hybridized carbons (Fsp3) is 0.750. The zero-order valence-corrected chi connectivity index (χ0v) is 33.9. The molecule has 6 rings (SSSR count). The van der Waals surface area contributed by atoms with E-state index < -0.39 is 28.9 Å². The number of allylic oxidation sites excluding steroid dienone is 1. The second-order valence-corrected chi connectivity index (χ2v) is 20.3. The van der Waals surface area contributed by atoms with Gasteiger partial charge >= 0.3 is 11.9 Å². The quantitative estimate of drug-likeness (QED) is 0.205. The van der Waals surface area contributed by atoms with Crippen LogP contribution in [0.5, 0.6) is 0 Å². The van der Waals surface area contributed by atoms with Crippen molar-refractivity contribution in [1.82, 2.24) is 5.32 Å². The third kappa shape index (κ3) is 6.11. The van der Waals surface area contributed by atoms with Crippen molar-refractivity contribution in [2.75, 3.05) is 6.54 Å². The van der Waals surface area contributed by atoms with Gasteiger partial charge in [0.15, 0.2) is 5.78 Å². The first-order chi connectivity index (χ1) is 24.1. The number of Topliss-reactive ketones (excluding diaryl/α,β-unsaturated/α-hetero) is 1. The number of aliphatic hydroxyl groups excluding tert-OH is 1. The Morgan fingerprint density at radius 2 is 1.69 bits per heavy atom. The lowest BCUT2D eigenvalue weighted by Crippen LogP contribution is -2.66. The van der Waals surface area contributed by atoms with Crippen molar-refractivity contribution in [3.63, 3.8) is 0 Å². The molecule has 8 heteroatoms. The van der Waals surface area contributed by atoms with Gasteiger partial charge in [0.1, 0.15) is 6.10 Å². The van der Waals surface area contributed by atoms with Crippen LogP contribution in [0.2, 0.25) is 5.02 Å². The molecule has 1 aromatic rings. The van der Waals surface area contributed by atoms with Gasteiger partial charge in [-0.1, -0.05) is 77.8 Å². The SMILES string of the molecule is CC(C)C1=C2C3CCC4C5(C)CCC(OC(=O)CC(C)(C)C(=O)O)C(C)(C)C5CCC4(C)C3(C)CCC2(C(O)CNCc2cccc(Cl)c2)CC1=O. The number of ketones is 1. The molecule has 0 bridgehead atoms. The van der Waals surface area contributed by atoms with E-state index in [0.29, 0.717) is 36.4 Å². The van der Waals surface area contributed by atoms with Gasteiger partial charge in [-0.3, -0.25) is 14.4 Å². The summed E-state index contributed by atoms with van der Waals surface area (Å²) in [5.74, 6) is 0.0236. The fourth-order valence-corrected chi connectivity index (χ4v) is 13.3. The Morgan fingerprint density at radius 1 is 0.981 bits per heavy atom. The van der Waals surface area contributed by atoms with Crippen LogP contribution in [0, 0.1) is 56.2 Å². The molecule has 9 unspecified atom stereocenters. The van der Waals surface area contributed by atoms with E-state index in [4.69, 9.17) is 16.3 Å². The summed E-state index contributed by atoms with van der Waals surface area (Å²) in [6, 6.07) is 7.80. The molecular formula is C44H64ClNO6. The highest BCUT2D eigenvalue weighted by molar-refractivity contribution is 6.30. The number of carbonyl (C=O) groups is 3. The molecule has 0 aliphatic heterocycles. The maximum Gasteiger partial charge on any atom is 0.309 e. The number of hydrogen-bond donors (Lipinski definition) is 3. The molecular weight excluding hydrogens is 674 g/mol. The summed E-state index contributed by atoms with van der Waals surface area (Å²) in [5.41, 5.74) is 1.49. The molecule has 0 spiro atoms. The van der Waals surface area contributed by atoms with E-state index in [1.807, 2.05) is 24.3 Å². The number of carboxylic acid groups (broad SMARTS) is 1. The highest BCUT2D eigenvalue weighted by atomic mass is 35.5. The number of benzene rings is 1. The summed E-state index contributed by atoms with van der Waals surface area (Å²) in [6.07, 6.45) is 7.14. The van der Waals surface area contributed by atoms with Gasteiger partial charge in [0.2, 0.25) is 0 Å². The molecule has 0 heterocycles. The molecule has 0 radical (unpaired) electrons. The minimum Gasteiger partial charge on any atom is -0.481 e. The zero-order valence-electron chi connectivity index (χ0n) is 33.2. The number of hydrogen-bond acceptors (Lipinski definition) is 6. The van der Waals surface area contributed by atoms with Gasteiger partial charge in [-0.05, 0) is 128 Å². The first-order valence-electron chi connectivity index (χ1n) is 20.0. The van der Waals surface area contributed by atoms with Crippen molar-refractivity contribution >= 4 is 29.3 Å². The second kappa shape index (κ2) is 13.5. The van der Waals surface area contributed by atoms with Crippen LogP contribution in [0.25, 0.3) is 0 Å². The predicted octanol–water partition coefficient (Wildman–Crippen LogP) is 9.18. The zero-order chi connectivity index (χ0) is 38.2. The highest BCUT2D eigenvalue weighted by Crippen LogP contribution is 2.77. The molecule has 288 valence electrons. The van der Waals surface area contributed by atoms with Crippen molar-refractivity contribution in [3.8, 4) is 0 Å². The van der Waals surface area contributed by atoms with Gasteiger partial charge in [0.05, 0.1) is 17.9 Å². The molecule has 5 aliphatic carbocycles. The van der Waals surface area contributed by atoms with Crippen LogP contribution in [-0.4, -0.2) is 46.7 Å². The van der Waals surface area contributed by atoms with E-state index in [1.165, 1.54) is 5.57 Å². The number of ether oxygens (including phenoxy) is 1. The molecule has 3 N–H and O–H groups in total. The van der Waals surface area contributed by atoms with E-state index >= 15 is 0 Å². The van der Waals surface area contributed by atoms with Gasteiger partial charge in [-0.2, -0.15) is 0 Å². The van der Waals surface area contributed by atoms with Crippen molar-refractivity contribution < 1.29 is 29.3 Å². The number of carboxylic acids is 1. The van der Waals surface area contributed by atoms with E-state index in [9.17, 15) is 24.6 Å². The second-order valence-electron chi connectivity index (χ2n) is 19.8. The minimum absolute atomic E-state index is 0.0166. The normalized spacial score (nSPS) is 37.5. The Balaban J connectivity index is 1.26. The average molecular weight is 738 g/mol. The van der Waals surface area contributed by atoms with E-state index in [2.05, 4.69) is 53.8 Å². The Morgan fingerprint density at radius 3 is 2.35 bits per heavy atom. The van der Waals surface area contributed by atoms with Crippen LogP contribution in [0.3, 0.4) is 0 Å². The molecule has 1 aromatic carbocycles. The molecule has 52 heavy (non-hydrogen) atoms. The third-order valence-corrected chi connectivity index (χ3v) is 16.3. The van der Waals surface area contributed by atoms with E-state index in [0.717, 1.165) is 62.5 Å². The lowest BCUT2D eigenvalue weighted by atomic mass is 9.33. The number of rotatable bonds is 10. The van der Waals surface area contributed by atoms with Gasteiger partial charge < -0.3 is 20.3 Å². The fourth-order valence-electron chi connectivity index (χ4n) is 13.1. The van der Waals surface area contributed by atoms with Crippen LogP contribution >= 0.6 is 11.6 Å². The van der Waals surface area contributed by atoms with Gasteiger partial charge in [0.25, 0.3) is 0 Å². The number of aliphatic hydroxyl groups is 1. The molecule has 7 nitrogen and oxygen atoms in total. The number of fused-ring (bicyclic) bond motifs is 7. The van der Waals surface area contributed by atoms with Crippen LogP contribution in [0.1, 0.15) is 132 Å². The lowest BCUT2D eigenvalue weighted by Gasteiger charge is -2.72. The maximum atomic E-state index is 14.0. The van der Waals surface area contributed by atoms with Crippen molar-refractivity contribution in [2.24, 2.45) is 56.2 Å². The van der Waals surface area contributed by atoms with Gasteiger partial charge in [-0.25, -0.2) is 0 Å². The summed E-state index contributed by atoms with van der Waals surface area (Å²) < 4.78 is 6.16. The number of nitrogens with one attached hydrogen (secondary N) is 1. The number of esters is 1. The molecule has 5 aliphatic rings. The average Bonchev–Trinajstić information content (AvgIpc) is 3.36. The Kier molecular flexibility index (Phi) is 10.3. The summed E-state index contributed by atoms with van der Waals surface area (Å²) in [4.78, 5) is 38.8. The van der Waals surface area contributed by atoms with E-state index in [1.54, 1.807) is 13.8 Å². The Bertz CT molecular complexity index is 1630. The predicted molar refractivity (Wildman–Crippen MR) is 205 cm³/mol. The van der Waals surface area contributed by atoms with Gasteiger partial charge in [0, 0.05) is 35.4 Å². The molecule has 9 atom stereocenters. The lowest BCUT2D eigenvalue weighted by molar-refractivity contribution is -0.235. The molecule has 0 amide bonds. The van der Waals surface area contributed by atoms with Crippen LogP contribution < -0.4 is 5.32 Å². The van der Waals surface area contributed by atoms with Gasteiger partial charge in [-0.15, -0.1) is 0 Å². The van der Waals surface area contributed by atoms with Crippen molar-refractivity contribution in [2.45, 2.75) is 145 Å². The first kappa shape index (κ1) is 39.5. The smallest absolute Gasteiger partial charge is 0.309 e. The largest absolute Gasteiger partial charge is 0.481 e. The Labute approximate surface area is 317 Å². The van der Waals surface area contributed by atoms with Crippen LogP contribution in [-0.2, 0) is 25.7 Å². The highest BCUT2D eigenvalue weighted by Gasteiger charge is 2.70. The molecule has 4 saturated carbocycles. The number of carbonyl (C=O) groups excluding carboxylic acids is 2.